The zero-order valence-electron chi connectivity index (χ0n) is 22.8. The summed E-state index contributed by atoms with van der Waals surface area (Å²) in [7, 11) is -0.916. The van der Waals surface area contributed by atoms with E-state index in [0.29, 0.717) is 17.6 Å². The van der Waals surface area contributed by atoms with E-state index in [1.54, 1.807) is 16.8 Å². The number of pyridine rings is 1. The summed E-state index contributed by atoms with van der Waals surface area (Å²) >= 11 is 0. The first-order chi connectivity index (χ1) is 16.7. The van der Waals surface area contributed by atoms with Crippen LogP contribution in [0, 0.1) is 0 Å². The van der Waals surface area contributed by atoms with Gasteiger partial charge in [0.15, 0.2) is 8.32 Å². The molecule has 1 atom stereocenters. The van der Waals surface area contributed by atoms with Gasteiger partial charge in [-0.2, -0.15) is 0 Å². The highest BCUT2D eigenvalue weighted by atomic mass is 28.4. The number of aromatic nitrogens is 2. The maximum Gasteiger partial charge on any atom is 0.419 e. The molecule has 0 fully saturated rings. The van der Waals surface area contributed by atoms with Crippen LogP contribution in [0.25, 0.3) is 21.8 Å². The topological polar surface area (TPSA) is 79.7 Å². The smallest absolute Gasteiger partial charge is 0.419 e. The monoisotopic (exact) mass is 510 g/mol. The summed E-state index contributed by atoms with van der Waals surface area (Å²) in [6.45, 7) is 16.4. The van der Waals surface area contributed by atoms with Crippen molar-refractivity contribution in [1.29, 1.82) is 0 Å². The first-order valence-electron chi connectivity index (χ1n) is 12.2. The molecular weight excluding hydrogens is 472 g/mol. The van der Waals surface area contributed by atoms with Gasteiger partial charge in [-0.05, 0) is 57.5 Å². The number of para-hydroxylation sites is 1. The van der Waals surface area contributed by atoms with Crippen molar-refractivity contribution in [2.24, 2.45) is 0 Å². The molecule has 8 heteroatoms. The van der Waals surface area contributed by atoms with Crippen LogP contribution in [-0.4, -0.2) is 42.6 Å². The number of ether oxygens (including phenoxy) is 2. The van der Waals surface area contributed by atoms with Gasteiger partial charge in [0.1, 0.15) is 5.60 Å². The predicted octanol–water partition coefficient (Wildman–Crippen LogP) is 7.15. The maximum atomic E-state index is 13.5. The standard InChI is InChI=1S/C28H38N2O5Si/c1-27(2,3)34-26(32)30-21-14-11-10-13-19(21)20-17-18-29-24(25(20)30)22(15-12-16-23(31)33-7)35-36(8,9)28(4,5)6/h10-14,16-18,22H,15H2,1-9H3/b16-12+. The number of benzene rings is 1. The summed E-state index contributed by atoms with van der Waals surface area (Å²) in [6, 6.07) is 9.66. The largest absolute Gasteiger partial charge is 0.466 e. The molecule has 2 aromatic heterocycles. The summed E-state index contributed by atoms with van der Waals surface area (Å²) in [4.78, 5) is 30.0. The van der Waals surface area contributed by atoms with Gasteiger partial charge in [-0.15, -0.1) is 0 Å². The Balaban J connectivity index is 2.27. The summed E-state index contributed by atoms with van der Waals surface area (Å²) in [5, 5.41) is 1.77. The highest BCUT2D eigenvalue weighted by Crippen LogP contribution is 2.42. The molecule has 0 aliphatic carbocycles. The van der Waals surface area contributed by atoms with Gasteiger partial charge in [-0.3, -0.25) is 4.98 Å². The van der Waals surface area contributed by atoms with Crippen LogP contribution in [0.15, 0.2) is 48.7 Å². The van der Waals surface area contributed by atoms with Crippen molar-refractivity contribution in [2.45, 2.75) is 77.8 Å². The minimum absolute atomic E-state index is 0.0525. The third-order valence-electron chi connectivity index (χ3n) is 6.54. The minimum atomic E-state index is -2.26. The molecular formula is C28H38N2O5Si. The zero-order chi connectivity index (χ0) is 26.9. The molecule has 194 valence electrons. The molecule has 2 heterocycles. The normalized spacial score (nSPS) is 13.9. The van der Waals surface area contributed by atoms with Gasteiger partial charge >= 0.3 is 12.1 Å². The number of esters is 1. The molecule has 0 aliphatic rings. The Morgan fingerprint density at radius 3 is 2.33 bits per heavy atom. The Labute approximate surface area is 214 Å². The van der Waals surface area contributed by atoms with E-state index in [-0.39, 0.29) is 5.04 Å². The van der Waals surface area contributed by atoms with E-state index in [0.717, 1.165) is 16.3 Å². The summed E-state index contributed by atoms with van der Waals surface area (Å²) in [6.07, 6.45) is 4.31. The Kier molecular flexibility index (Phi) is 7.81. The third-order valence-corrected chi connectivity index (χ3v) is 11.0. The number of hydrogen-bond donors (Lipinski definition) is 0. The molecule has 1 aromatic carbocycles. The lowest BCUT2D eigenvalue weighted by Crippen LogP contribution is -2.42. The lowest BCUT2D eigenvalue weighted by atomic mass is 10.1. The van der Waals surface area contributed by atoms with E-state index >= 15 is 0 Å². The second-order valence-electron chi connectivity index (χ2n) is 11.5. The van der Waals surface area contributed by atoms with E-state index in [2.05, 4.69) is 33.9 Å². The average molecular weight is 511 g/mol. The Hall–Kier alpha value is -2.97. The Morgan fingerprint density at radius 2 is 1.72 bits per heavy atom. The second kappa shape index (κ2) is 10.2. The van der Waals surface area contributed by atoms with E-state index in [9.17, 15) is 9.59 Å². The molecule has 36 heavy (non-hydrogen) atoms. The molecule has 3 aromatic rings. The van der Waals surface area contributed by atoms with Crippen molar-refractivity contribution in [3.05, 3.63) is 54.4 Å². The van der Waals surface area contributed by atoms with Gasteiger partial charge in [0.2, 0.25) is 0 Å². The number of hydrogen-bond acceptors (Lipinski definition) is 6. The Morgan fingerprint density at radius 1 is 1.06 bits per heavy atom. The fourth-order valence-corrected chi connectivity index (χ4v) is 5.05. The van der Waals surface area contributed by atoms with Crippen molar-refractivity contribution >= 4 is 42.2 Å². The van der Waals surface area contributed by atoms with Crippen molar-refractivity contribution in [3.8, 4) is 0 Å². The molecule has 7 nitrogen and oxygen atoms in total. The molecule has 1 unspecified atom stereocenters. The van der Waals surface area contributed by atoms with Crippen LogP contribution < -0.4 is 0 Å². The number of carbonyl (C=O) groups excluding carboxylic acids is 2. The number of methoxy groups -OCH3 is 1. The molecule has 0 radical (unpaired) electrons. The first-order valence-corrected chi connectivity index (χ1v) is 15.1. The summed E-state index contributed by atoms with van der Waals surface area (Å²) in [5.74, 6) is -0.435. The second-order valence-corrected chi connectivity index (χ2v) is 16.2. The molecule has 3 rings (SSSR count). The third kappa shape index (κ3) is 5.87. The number of fused-ring (bicyclic) bond motifs is 3. The van der Waals surface area contributed by atoms with Crippen LogP contribution in [0.1, 0.15) is 59.8 Å². The molecule has 0 spiro atoms. The lowest BCUT2D eigenvalue weighted by molar-refractivity contribution is -0.134. The highest BCUT2D eigenvalue weighted by molar-refractivity contribution is 6.74. The van der Waals surface area contributed by atoms with Crippen molar-refractivity contribution in [3.63, 3.8) is 0 Å². The summed E-state index contributed by atoms with van der Waals surface area (Å²) in [5.41, 5.74) is 1.36. The maximum absolute atomic E-state index is 13.5. The van der Waals surface area contributed by atoms with Crippen LogP contribution in [0.4, 0.5) is 4.79 Å². The van der Waals surface area contributed by atoms with E-state index < -0.39 is 32.1 Å². The molecule has 0 aliphatic heterocycles. The number of carbonyl (C=O) groups is 2. The lowest BCUT2D eigenvalue weighted by Gasteiger charge is -2.39. The first kappa shape index (κ1) is 27.6. The van der Waals surface area contributed by atoms with Crippen LogP contribution in [-0.2, 0) is 18.7 Å². The number of nitrogens with zero attached hydrogens (tertiary/aromatic N) is 2. The van der Waals surface area contributed by atoms with Gasteiger partial charge in [0.25, 0.3) is 0 Å². The van der Waals surface area contributed by atoms with Crippen molar-refractivity contribution in [1.82, 2.24) is 9.55 Å². The molecule has 0 amide bonds. The quantitative estimate of drug-likeness (QED) is 0.199. The average Bonchev–Trinajstić information content (AvgIpc) is 3.11. The fourth-order valence-electron chi connectivity index (χ4n) is 3.78. The molecule has 0 bridgehead atoms. The van der Waals surface area contributed by atoms with Gasteiger partial charge in [0, 0.05) is 23.0 Å². The SMILES string of the molecule is COC(=O)/C=C/CC(O[Si](C)(C)C(C)(C)C)c1nccc2c3ccccc3n(C(=O)OC(C)(C)C)c12. The van der Waals surface area contributed by atoms with Gasteiger partial charge < -0.3 is 13.9 Å². The van der Waals surface area contributed by atoms with Gasteiger partial charge in [-0.25, -0.2) is 14.2 Å². The van der Waals surface area contributed by atoms with Crippen LogP contribution in [0.2, 0.25) is 18.1 Å². The van der Waals surface area contributed by atoms with Crippen LogP contribution in [0.3, 0.4) is 0 Å². The molecule has 0 saturated carbocycles. The fraction of sp³-hybridized carbons (Fsp3) is 0.464. The van der Waals surface area contributed by atoms with Crippen LogP contribution >= 0.6 is 0 Å². The van der Waals surface area contributed by atoms with E-state index in [1.165, 1.54) is 13.2 Å². The van der Waals surface area contributed by atoms with Gasteiger partial charge in [0.05, 0.1) is 29.9 Å². The van der Waals surface area contributed by atoms with E-state index in [4.69, 9.17) is 18.9 Å². The van der Waals surface area contributed by atoms with Crippen molar-refractivity contribution < 1.29 is 23.5 Å². The zero-order valence-corrected chi connectivity index (χ0v) is 23.8. The highest BCUT2D eigenvalue weighted by Gasteiger charge is 2.40. The minimum Gasteiger partial charge on any atom is -0.466 e. The predicted molar refractivity (Wildman–Crippen MR) is 146 cm³/mol. The number of rotatable bonds is 6. The van der Waals surface area contributed by atoms with Crippen LogP contribution in [0.5, 0.6) is 0 Å². The summed E-state index contributed by atoms with van der Waals surface area (Å²) < 4.78 is 19.0. The molecule has 0 saturated heterocycles. The molecule has 0 N–H and O–H groups in total. The Bertz CT molecular complexity index is 1290. The van der Waals surface area contributed by atoms with E-state index in [1.807, 2.05) is 51.1 Å². The van der Waals surface area contributed by atoms with Crippen molar-refractivity contribution in [2.75, 3.05) is 7.11 Å². The van der Waals surface area contributed by atoms with Gasteiger partial charge in [-0.1, -0.05) is 45.0 Å².